The van der Waals surface area contributed by atoms with Crippen LogP contribution in [0.25, 0.3) is 0 Å². The smallest absolute Gasteiger partial charge is 0.191 e. The van der Waals surface area contributed by atoms with Crippen molar-refractivity contribution in [3.63, 3.8) is 0 Å². The van der Waals surface area contributed by atoms with Gasteiger partial charge >= 0.3 is 0 Å². The summed E-state index contributed by atoms with van der Waals surface area (Å²) in [7, 11) is 1.78. The Morgan fingerprint density at radius 1 is 1.00 bits per heavy atom. The van der Waals surface area contributed by atoms with Crippen molar-refractivity contribution in [2.24, 2.45) is 4.99 Å². The molecule has 0 saturated heterocycles. The van der Waals surface area contributed by atoms with Crippen molar-refractivity contribution >= 4 is 5.96 Å². The van der Waals surface area contributed by atoms with Gasteiger partial charge in [-0.25, -0.2) is 0 Å². The van der Waals surface area contributed by atoms with Gasteiger partial charge in [-0.05, 0) is 36.3 Å². The second-order valence-corrected chi connectivity index (χ2v) is 5.88. The third-order valence-corrected chi connectivity index (χ3v) is 4.14. The maximum absolute atomic E-state index is 4.31. The molecule has 2 rings (SSSR count). The number of benzene rings is 1. The van der Waals surface area contributed by atoms with Crippen molar-refractivity contribution in [2.75, 3.05) is 20.1 Å². The molecule has 0 fully saturated rings. The third kappa shape index (κ3) is 6.55. The number of hydrogen-bond acceptors (Lipinski definition) is 3. The zero-order chi connectivity index (χ0) is 17.9. The van der Waals surface area contributed by atoms with E-state index < -0.39 is 0 Å². The summed E-state index contributed by atoms with van der Waals surface area (Å²) in [5.41, 5.74) is 3.59. The van der Waals surface area contributed by atoms with Crippen molar-refractivity contribution < 1.29 is 0 Å². The Labute approximate surface area is 151 Å². The van der Waals surface area contributed by atoms with Gasteiger partial charge in [-0.2, -0.15) is 0 Å². The van der Waals surface area contributed by atoms with Crippen molar-refractivity contribution in [1.82, 2.24) is 20.5 Å². The van der Waals surface area contributed by atoms with Crippen LogP contribution in [0.15, 0.2) is 53.7 Å². The van der Waals surface area contributed by atoms with Gasteiger partial charge in [-0.15, -0.1) is 0 Å². The van der Waals surface area contributed by atoms with Gasteiger partial charge in [-0.3, -0.25) is 14.9 Å². The van der Waals surface area contributed by atoms with E-state index in [1.807, 2.05) is 18.2 Å². The quantitative estimate of drug-likeness (QED) is 0.574. The van der Waals surface area contributed by atoms with Gasteiger partial charge in [-0.1, -0.05) is 44.2 Å². The summed E-state index contributed by atoms with van der Waals surface area (Å²) >= 11 is 0. The Morgan fingerprint density at radius 2 is 1.76 bits per heavy atom. The molecule has 1 aromatic carbocycles. The fraction of sp³-hybridized carbons (Fsp3) is 0.400. The van der Waals surface area contributed by atoms with Crippen LogP contribution in [-0.2, 0) is 19.6 Å². The van der Waals surface area contributed by atoms with Crippen molar-refractivity contribution in [2.45, 2.75) is 33.5 Å². The maximum Gasteiger partial charge on any atom is 0.191 e. The summed E-state index contributed by atoms with van der Waals surface area (Å²) in [6, 6.07) is 14.6. The minimum atomic E-state index is 0.655. The number of hydrogen-bond donors (Lipinski definition) is 2. The molecule has 0 bridgehead atoms. The monoisotopic (exact) mass is 339 g/mol. The normalized spacial score (nSPS) is 11.6. The molecule has 0 radical (unpaired) electrons. The predicted molar refractivity (Wildman–Crippen MR) is 104 cm³/mol. The van der Waals surface area contributed by atoms with E-state index in [0.29, 0.717) is 6.54 Å². The maximum atomic E-state index is 4.31. The highest BCUT2D eigenvalue weighted by Gasteiger charge is 2.03. The molecule has 0 aliphatic heterocycles. The zero-order valence-corrected chi connectivity index (χ0v) is 15.5. The summed E-state index contributed by atoms with van der Waals surface area (Å²) in [5.74, 6) is 0.778. The standard InChI is InChI=1S/C20H29N5/c1-4-25(5-2)16-18-10-8-9-17(13-18)14-23-20(21-3)24-15-19-11-6-7-12-22-19/h6-13H,4-5,14-16H2,1-3H3,(H2,21,23,24). The third-order valence-electron chi connectivity index (χ3n) is 4.14. The SMILES string of the molecule is CCN(CC)Cc1cccc(CNC(=NC)NCc2ccccn2)c1. The molecule has 1 aromatic heterocycles. The van der Waals surface area contributed by atoms with Gasteiger partial charge in [0.2, 0.25) is 0 Å². The molecule has 0 amide bonds. The molecule has 5 heteroatoms. The second-order valence-electron chi connectivity index (χ2n) is 5.88. The first-order valence-electron chi connectivity index (χ1n) is 8.89. The van der Waals surface area contributed by atoms with Gasteiger partial charge in [0.05, 0.1) is 12.2 Å². The molecule has 5 nitrogen and oxygen atoms in total. The van der Waals surface area contributed by atoms with E-state index in [1.54, 1.807) is 13.2 Å². The molecule has 0 saturated carbocycles. The van der Waals surface area contributed by atoms with Gasteiger partial charge in [0.1, 0.15) is 0 Å². The minimum absolute atomic E-state index is 0.655. The molecule has 0 atom stereocenters. The lowest BCUT2D eigenvalue weighted by Gasteiger charge is -2.18. The van der Waals surface area contributed by atoms with Crippen molar-refractivity contribution in [3.8, 4) is 0 Å². The molecule has 25 heavy (non-hydrogen) atoms. The number of aliphatic imine (C=N–C) groups is 1. The Morgan fingerprint density at radius 3 is 2.44 bits per heavy atom. The molecule has 1 heterocycles. The number of rotatable bonds is 8. The Bertz CT molecular complexity index is 650. The summed E-state index contributed by atoms with van der Waals surface area (Å²) in [6.45, 7) is 8.94. The highest BCUT2D eigenvalue weighted by molar-refractivity contribution is 5.79. The molecule has 2 N–H and O–H groups in total. The average molecular weight is 339 g/mol. The number of aromatic nitrogens is 1. The number of pyridine rings is 1. The predicted octanol–water partition coefficient (Wildman–Crippen LogP) is 2.79. The van der Waals surface area contributed by atoms with Crippen LogP contribution in [0, 0.1) is 0 Å². The van der Waals surface area contributed by atoms with E-state index in [4.69, 9.17) is 0 Å². The van der Waals surface area contributed by atoms with Crippen molar-refractivity contribution in [3.05, 3.63) is 65.5 Å². The topological polar surface area (TPSA) is 52.5 Å². The zero-order valence-electron chi connectivity index (χ0n) is 15.5. The summed E-state index contributed by atoms with van der Waals surface area (Å²) in [5, 5.41) is 6.65. The van der Waals surface area contributed by atoms with Crippen LogP contribution < -0.4 is 10.6 Å². The van der Waals surface area contributed by atoms with Crippen LogP contribution in [0.2, 0.25) is 0 Å². The van der Waals surface area contributed by atoms with E-state index in [9.17, 15) is 0 Å². The van der Waals surface area contributed by atoms with Crippen LogP contribution >= 0.6 is 0 Å². The molecule has 0 aliphatic carbocycles. The molecular weight excluding hydrogens is 310 g/mol. The Hall–Kier alpha value is -2.40. The van der Waals surface area contributed by atoms with Crippen LogP contribution in [0.1, 0.15) is 30.7 Å². The Kier molecular flexibility index (Phi) is 7.92. The van der Waals surface area contributed by atoms with Crippen LogP contribution in [0.3, 0.4) is 0 Å². The highest BCUT2D eigenvalue weighted by atomic mass is 15.2. The molecule has 2 aromatic rings. The number of nitrogens with zero attached hydrogens (tertiary/aromatic N) is 3. The average Bonchev–Trinajstić information content (AvgIpc) is 2.67. The summed E-state index contributed by atoms with van der Waals surface area (Å²) < 4.78 is 0. The fourth-order valence-electron chi connectivity index (χ4n) is 2.63. The highest BCUT2D eigenvalue weighted by Crippen LogP contribution is 2.08. The van der Waals surface area contributed by atoms with E-state index in [0.717, 1.165) is 37.8 Å². The van der Waals surface area contributed by atoms with Crippen LogP contribution in [0.5, 0.6) is 0 Å². The van der Waals surface area contributed by atoms with Gasteiger partial charge in [0, 0.05) is 26.3 Å². The first kappa shape index (κ1) is 18.9. The summed E-state index contributed by atoms with van der Waals surface area (Å²) in [6.07, 6.45) is 1.80. The van der Waals surface area contributed by atoms with E-state index in [-0.39, 0.29) is 0 Å². The fourth-order valence-corrected chi connectivity index (χ4v) is 2.63. The lowest BCUT2D eigenvalue weighted by atomic mass is 10.1. The first-order valence-corrected chi connectivity index (χ1v) is 8.89. The number of guanidine groups is 1. The minimum Gasteiger partial charge on any atom is -0.352 e. The molecule has 0 unspecified atom stereocenters. The van der Waals surface area contributed by atoms with E-state index >= 15 is 0 Å². The van der Waals surface area contributed by atoms with Crippen LogP contribution in [-0.4, -0.2) is 36.0 Å². The molecule has 0 aliphatic rings. The molecular formula is C20H29N5. The van der Waals surface area contributed by atoms with Crippen LogP contribution in [0.4, 0.5) is 0 Å². The summed E-state index contributed by atoms with van der Waals surface area (Å²) in [4.78, 5) is 11.0. The van der Waals surface area contributed by atoms with Gasteiger partial charge in [0.25, 0.3) is 0 Å². The second kappa shape index (κ2) is 10.5. The largest absolute Gasteiger partial charge is 0.352 e. The lowest BCUT2D eigenvalue weighted by molar-refractivity contribution is 0.296. The number of nitrogens with one attached hydrogen (secondary N) is 2. The molecule has 0 spiro atoms. The van der Waals surface area contributed by atoms with E-state index in [1.165, 1.54) is 11.1 Å². The Balaban J connectivity index is 1.86. The molecule has 134 valence electrons. The lowest BCUT2D eigenvalue weighted by Crippen LogP contribution is -2.36. The van der Waals surface area contributed by atoms with Gasteiger partial charge < -0.3 is 10.6 Å². The first-order chi connectivity index (χ1) is 12.2. The van der Waals surface area contributed by atoms with Gasteiger partial charge in [0.15, 0.2) is 5.96 Å². The van der Waals surface area contributed by atoms with Crippen molar-refractivity contribution in [1.29, 1.82) is 0 Å². The van der Waals surface area contributed by atoms with E-state index in [2.05, 4.69) is 63.6 Å².